The molecular formula is C19H21NO5S. The third-order valence-corrected chi connectivity index (χ3v) is 5.28. The number of carbonyl (C=O) groups excluding carboxylic acids is 2. The van der Waals surface area contributed by atoms with E-state index in [9.17, 15) is 14.4 Å². The summed E-state index contributed by atoms with van der Waals surface area (Å²) in [7, 11) is 0. The molecule has 1 aliphatic heterocycles. The van der Waals surface area contributed by atoms with Crippen LogP contribution in [0.2, 0.25) is 0 Å². The minimum Gasteiger partial charge on any atom is -0.459 e. The minimum atomic E-state index is -0.488. The van der Waals surface area contributed by atoms with Crippen molar-refractivity contribution < 1.29 is 18.7 Å². The molecule has 0 saturated carbocycles. The SMILES string of the molecule is Cc1cc2oc(=O)cc(COC(=O)CN3CCSC3=O)c2cc1C(C)C. The first kappa shape index (κ1) is 18.5. The third-order valence-electron chi connectivity index (χ3n) is 4.39. The lowest BCUT2D eigenvalue weighted by Gasteiger charge is -2.15. The van der Waals surface area contributed by atoms with Crippen LogP contribution in [-0.4, -0.2) is 35.0 Å². The van der Waals surface area contributed by atoms with Crippen LogP contribution in [-0.2, 0) is 16.1 Å². The number of amides is 1. The Kier molecular flexibility index (Phi) is 5.36. The number of thioether (sulfide) groups is 1. The van der Waals surface area contributed by atoms with Crippen LogP contribution in [0.4, 0.5) is 4.79 Å². The zero-order valence-electron chi connectivity index (χ0n) is 15.0. The smallest absolute Gasteiger partial charge is 0.336 e. The highest BCUT2D eigenvalue weighted by Crippen LogP contribution is 2.27. The molecule has 26 heavy (non-hydrogen) atoms. The zero-order chi connectivity index (χ0) is 18.8. The molecule has 0 atom stereocenters. The molecule has 1 amide bonds. The Morgan fingerprint density at radius 2 is 2.08 bits per heavy atom. The van der Waals surface area contributed by atoms with E-state index < -0.39 is 11.6 Å². The second kappa shape index (κ2) is 7.53. The summed E-state index contributed by atoms with van der Waals surface area (Å²) in [5.41, 5.74) is 2.81. The fraction of sp³-hybridized carbons (Fsp3) is 0.421. The Bertz CT molecular complexity index is 918. The molecule has 138 valence electrons. The lowest BCUT2D eigenvalue weighted by molar-refractivity contribution is -0.145. The van der Waals surface area contributed by atoms with Gasteiger partial charge in [0.25, 0.3) is 5.24 Å². The molecular weight excluding hydrogens is 354 g/mol. The first-order valence-corrected chi connectivity index (χ1v) is 9.48. The van der Waals surface area contributed by atoms with Gasteiger partial charge in [0, 0.05) is 29.3 Å². The Balaban J connectivity index is 1.82. The van der Waals surface area contributed by atoms with Crippen molar-refractivity contribution in [1.82, 2.24) is 4.90 Å². The van der Waals surface area contributed by atoms with Gasteiger partial charge in [-0.2, -0.15) is 0 Å². The summed E-state index contributed by atoms with van der Waals surface area (Å²) in [5, 5.41) is 0.657. The van der Waals surface area contributed by atoms with Crippen molar-refractivity contribution in [2.24, 2.45) is 0 Å². The van der Waals surface area contributed by atoms with Gasteiger partial charge in [0.15, 0.2) is 0 Å². The molecule has 6 nitrogen and oxygen atoms in total. The molecule has 1 aliphatic rings. The maximum absolute atomic E-state index is 12.0. The fourth-order valence-corrected chi connectivity index (χ4v) is 3.89. The van der Waals surface area contributed by atoms with Crippen LogP contribution in [0, 0.1) is 6.92 Å². The molecule has 0 radical (unpaired) electrons. The second-order valence-electron chi connectivity index (χ2n) is 6.65. The van der Waals surface area contributed by atoms with E-state index in [0.717, 1.165) is 16.5 Å². The van der Waals surface area contributed by atoms with Crippen molar-refractivity contribution in [3.05, 3.63) is 45.3 Å². The van der Waals surface area contributed by atoms with Gasteiger partial charge >= 0.3 is 11.6 Å². The van der Waals surface area contributed by atoms with Gasteiger partial charge in [0.1, 0.15) is 18.7 Å². The van der Waals surface area contributed by atoms with Crippen LogP contribution in [0.5, 0.6) is 0 Å². The van der Waals surface area contributed by atoms with Crippen LogP contribution in [0.3, 0.4) is 0 Å². The second-order valence-corrected chi connectivity index (χ2v) is 7.69. The number of aryl methyl sites for hydroxylation is 1. The maximum Gasteiger partial charge on any atom is 0.336 e. The van der Waals surface area contributed by atoms with Gasteiger partial charge in [0.05, 0.1) is 0 Å². The standard InChI is InChI=1S/C19H21NO5S/c1-11(2)14-8-15-13(7-17(21)25-16(15)6-12(14)3)10-24-18(22)9-20-4-5-26-19(20)23/h6-8,11H,4-5,9-10H2,1-3H3. The number of ether oxygens (including phenoxy) is 1. The van der Waals surface area contributed by atoms with Crippen molar-refractivity contribution in [1.29, 1.82) is 0 Å². The van der Waals surface area contributed by atoms with Crippen molar-refractivity contribution in [2.45, 2.75) is 33.3 Å². The zero-order valence-corrected chi connectivity index (χ0v) is 15.9. The summed E-state index contributed by atoms with van der Waals surface area (Å²) in [6.45, 7) is 6.62. The highest BCUT2D eigenvalue weighted by molar-refractivity contribution is 8.13. The van der Waals surface area contributed by atoms with Crippen molar-refractivity contribution in [3.8, 4) is 0 Å². The predicted octanol–water partition coefficient (Wildman–Crippen LogP) is 3.44. The molecule has 1 aromatic carbocycles. The van der Waals surface area contributed by atoms with Gasteiger partial charge in [0.2, 0.25) is 0 Å². The molecule has 2 aromatic rings. The molecule has 2 heterocycles. The van der Waals surface area contributed by atoms with E-state index in [4.69, 9.17) is 9.15 Å². The summed E-state index contributed by atoms with van der Waals surface area (Å²) < 4.78 is 10.6. The first-order chi connectivity index (χ1) is 12.3. The highest BCUT2D eigenvalue weighted by atomic mass is 32.2. The number of fused-ring (bicyclic) bond motifs is 1. The first-order valence-electron chi connectivity index (χ1n) is 8.49. The minimum absolute atomic E-state index is 0.0310. The third kappa shape index (κ3) is 3.93. The summed E-state index contributed by atoms with van der Waals surface area (Å²) in [4.78, 5) is 36.9. The van der Waals surface area contributed by atoms with Crippen LogP contribution in [0.25, 0.3) is 11.0 Å². The number of rotatable bonds is 5. The van der Waals surface area contributed by atoms with Gasteiger partial charge in [-0.3, -0.25) is 9.59 Å². The molecule has 0 N–H and O–H groups in total. The Hall–Kier alpha value is -2.28. The van der Waals surface area contributed by atoms with Crippen LogP contribution < -0.4 is 5.63 Å². The van der Waals surface area contributed by atoms with Gasteiger partial charge in [-0.1, -0.05) is 25.6 Å². The molecule has 3 rings (SSSR count). The van der Waals surface area contributed by atoms with Gasteiger partial charge in [-0.25, -0.2) is 4.79 Å². The van der Waals surface area contributed by atoms with Crippen LogP contribution in [0.1, 0.15) is 36.5 Å². The summed E-state index contributed by atoms with van der Waals surface area (Å²) in [5.74, 6) is 0.521. The molecule has 7 heteroatoms. The predicted molar refractivity (Wildman–Crippen MR) is 101 cm³/mol. The van der Waals surface area contributed by atoms with E-state index in [-0.39, 0.29) is 18.4 Å². The van der Waals surface area contributed by atoms with Gasteiger partial charge in [-0.15, -0.1) is 0 Å². The number of benzene rings is 1. The Labute approximate surface area is 155 Å². The molecule has 1 fully saturated rings. The quantitative estimate of drug-likeness (QED) is 0.589. The summed E-state index contributed by atoms with van der Waals surface area (Å²) in [6, 6.07) is 5.19. The lowest BCUT2D eigenvalue weighted by atomic mass is 9.95. The topological polar surface area (TPSA) is 76.8 Å². The van der Waals surface area contributed by atoms with E-state index in [1.807, 2.05) is 19.1 Å². The van der Waals surface area contributed by atoms with Gasteiger partial charge < -0.3 is 14.1 Å². The Morgan fingerprint density at radius 1 is 1.31 bits per heavy atom. The fourth-order valence-electron chi connectivity index (χ4n) is 3.06. The van der Waals surface area contributed by atoms with E-state index in [0.29, 0.717) is 29.4 Å². The largest absolute Gasteiger partial charge is 0.459 e. The molecule has 0 unspecified atom stereocenters. The maximum atomic E-state index is 12.0. The lowest BCUT2D eigenvalue weighted by Crippen LogP contribution is -2.30. The average Bonchev–Trinajstić information content (AvgIpc) is 2.96. The number of hydrogen-bond donors (Lipinski definition) is 0. The number of hydrogen-bond acceptors (Lipinski definition) is 6. The monoisotopic (exact) mass is 375 g/mol. The molecule has 0 spiro atoms. The van der Waals surface area contributed by atoms with E-state index in [1.54, 1.807) is 0 Å². The van der Waals surface area contributed by atoms with E-state index in [1.165, 1.54) is 22.7 Å². The average molecular weight is 375 g/mol. The van der Waals surface area contributed by atoms with Crippen molar-refractivity contribution in [2.75, 3.05) is 18.8 Å². The molecule has 0 bridgehead atoms. The van der Waals surface area contributed by atoms with Gasteiger partial charge in [-0.05, 0) is 36.1 Å². The molecule has 0 aliphatic carbocycles. The number of esters is 1. The molecule has 1 aromatic heterocycles. The number of carbonyl (C=O) groups is 2. The number of nitrogens with zero attached hydrogens (tertiary/aromatic N) is 1. The van der Waals surface area contributed by atoms with Crippen molar-refractivity contribution >= 4 is 33.9 Å². The van der Waals surface area contributed by atoms with E-state index >= 15 is 0 Å². The summed E-state index contributed by atoms with van der Waals surface area (Å²) >= 11 is 1.20. The normalized spacial score (nSPS) is 14.5. The van der Waals surface area contributed by atoms with Crippen LogP contribution in [0.15, 0.2) is 27.4 Å². The summed E-state index contributed by atoms with van der Waals surface area (Å²) in [6.07, 6.45) is 0. The Morgan fingerprint density at radius 3 is 2.73 bits per heavy atom. The molecule has 1 saturated heterocycles. The van der Waals surface area contributed by atoms with Crippen molar-refractivity contribution in [3.63, 3.8) is 0 Å². The van der Waals surface area contributed by atoms with Crippen LogP contribution >= 0.6 is 11.8 Å². The van der Waals surface area contributed by atoms with E-state index in [2.05, 4.69) is 13.8 Å². The highest BCUT2D eigenvalue weighted by Gasteiger charge is 2.24.